The zero-order valence-electron chi connectivity index (χ0n) is 14.9. The number of halogens is 1. The number of nitrogens with two attached hydrogens (primary N) is 1. The minimum absolute atomic E-state index is 0.0942. The second-order valence-electron chi connectivity index (χ2n) is 7.07. The van der Waals surface area contributed by atoms with Gasteiger partial charge in [-0.2, -0.15) is 0 Å². The van der Waals surface area contributed by atoms with Gasteiger partial charge in [-0.15, -0.1) is 0 Å². The molecule has 0 saturated heterocycles. The molecule has 2 rings (SSSR count). The van der Waals surface area contributed by atoms with Crippen LogP contribution in [0.15, 0.2) is 24.3 Å². The number of pyridine rings is 1. The largest absolute Gasteiger partial charge is 0.459 e. The maximum atomic E-state index is 12.7. The van der Waals surface area contributed by atoms with E-state index in [1.807, 2.05) is 25.1 Å². The number of ether oxygens (including phenoxy) is 1. The van der Waals surface area contributed by atoms with Crippen LogP contribution in [-0.4, -0.2) is 22.5 Å². The lowest BCUT2D eigenvalue weighted by atomic mass is 9.91. The van der Waals surface area contributed by atoms with Gasteiger partial charge in [-0.1, -0.05) is 23.7 Å². The topological polar surface area (TPSA) is 82.3 Å². The number of benzene rings is 1. The molecule has 1 atom stereocenters. The molecule has 134 valence electrons. The molecule has 0 bridgehead atoms. The van der Waals surface area contributed by atoms with Crippen molar-refractivity contribution in [3.63, 3.8) is 0 Å². The van der Waals surface area contributed by atoms with Gasteiger partial charge in [0, 0.05) is 17.5 Å². The Bertz CT molecular complexity index is 812. The molecule has 0 fully saturated rings. The highest BCUT2D eigenvalue weighted by atomic mass is 35.5. The second kappa shape index (κ2) is 7.40. The molecule has 1 amide bonds. The number of rotatable bonds is 5. The van der Waals surface area contributed by atoms with Gasteiger partial charge >= 0.3 is 5.97 Å². The van der Waals surface area contributed by atoms with E-state index in [9.17, 15) is 9.59 Å². The van der Waals surface area contributed by atoms with Gasteiger partial charge in [0.05, 0.1) is 16.5 Å². The third-order valence-electron chi connectivity index (χ3n) is 3.77. The van der Waals surface area contributed by atoms with Crippen molar-refractivity contribution in [2.75, 3.05) is 0 Å². The summed E-state index contributed by atoms with van der Waals surface area (Å²) in [7, 11) is 0. The van der Waals surface area contributed by atoms with Crippen molar-refractivity contribution in [2.24, 2.45) is 5.73 Å². The average molecular weight is 363 g/mol. The molecule has 0 aliphatic heterocycles. The maximum Gasteiger partial charge on any atom is 0.314 e. The molecule has 6 heteroatoms. The van der Waals surface area contributed by atoms with Gasteiger partial charge in [0.15, 0.2) is 0 Å². The zero-order valence-corrected chi connectivity index (χ0v) is 15.7. The molecule has 25 heavy (non-hydrogen) atoms. The summed E-state index contributed by atoms with van der Waals surface area (Å²) in [5.41, 5.74) is 6.74. The molecule has 0 aliphatic rings. The minimum Gasteiger partial charge on any atom is -0.459 e. The number of esters is 1. The van der Waals surface area contributed by atoms with Crippen molar-refractivity contribution in [2.45, 2.75) is 52.1 Å². The zero-order chi connectivity index (χ0) is 18.8. The molecule has 2 N–H and O–H groups in total. The first-order valence-electron chi connectivity index (χ1n) is 8.15. The van der Waals surface area contributed by atoms with Crippen molar-refractivity contribution < 1.29 is 14.3 Å². The number of hydrogen-bond acceptors (Lipinski definition) is 4. The van der Waals surface area contributed by atoms with E-state index in [1.54, 1.807) is 26.8 Å². The Morgan fingerprint density at radius 1 is 1.32 bits per heavy atom. The van der Waals surface area contributed by atoms with Crippen molar-refractivity contribution in [1.82, 2.24) is 4.98 Å². The van der Waals surface area contributed by atoms with E-state index in [0.29, 0.717) is 16.2 Å². The number of aromatic nitrogens is 1. The number of nitrogens with zero attached hydrogens (tertiary/aromatic N) is 1. The number of amides is 1. The highest BCUT2D eigenvalue weighted by molar-refractivity contribution is 6.35. The van der Waals surface area contributed by atoms with E-state index < -0.39 is 17.4 Å². The Morgan fingerprint density at radius 3 is 2.60 bits per heavy atom. The number of aryl methyl sites for hydroxylation is 1. The van der Waals surface area contributed by atoms with Crippen LogP contribution in [0, 0.1) is 6.92 Å². The van der Waals surface area contributed by atoms with E-state index in [1.165, 1.54) is 0 Å². The number of para-hydroxylation sites is 1. The van der Waals surface area contributed by atoms with E-state index in [4.69, 9.17) is 22.1 Å². The molecule has 0 spiro atoms. The van der Waals surface area contributed by atoms with Crippen LogP contribution >= 0.6 is 11.6 Å². The van der Waals surface area contributed by atoms with E-state index >= 15 is 0 Å². The molecule has 0 aliphatic carbocycles. The van der Waals surface area contributed by atoms with E-state index in [-0.39, 0.29) is 18.8 Å². The first kappa shape index (κ1) is 19.2. The second-order valence-corrected chi connectivity index (χ2v) is 7.47. The first-order valence-corrected chi connectivity index (χ1v) is 8.53. The Kier molecular flexibility index (Phi) is 5.68. The summed E-state index contributed by atoms with van der Waals surface area (Å²) in [6.07, 6.45) is 0.371. The molecule has 0 radical (unpaired) electrons. The lowest BCUT2D eigenvalue weighted by Crippen LogP contribution is -2.29. The molecule has 1 aromatic heterocycles. The van der Waals surface area contributed by atoms with Crippen LogP contribution in [0.25, 0.3) is 10.9 Å². The van der Waals surface area contributed by atoms with Gasteiger partial charge in [-0.25, -0.2) is 0 Å². The van der Waals surface area contributed by atoms with Crippen LogP contribution in [0.5, 0.6) is 0 Å². The van der Waals surface area contributed by atoms with Crippen molar-refractivity contribution in [3.05, 3.63) is 40.5 Å². The monoisotopic (exact) mass is 362 g/mol. The number of carbonyl (C=O) groups excluding carboxylic acids is 2. The fourth-order valence-electron chi connectivity index (χ4n) is 2.68. The Hall–Kier alpha value is -2.14. The molecule has 1 aromatic carbocycles. The summed E-state index contributed by atoms with van der Waals surface area (Å²) in [5.74, 6) is -1.45. The summed E-state index contributed by atoms with van der Waals surface area (Å²) in [4.78, 5) is 28.5. The van der Waals surface area contributed by atoms with Crippen LogP contribution in [-0.2, 0) is 14.3 Å². The quantitative estimate of drug-likeness (QED) is 0.818. The molecule has 1 unspecified atom stereocenters. The fraction of sp³-hybridized carbons (Fsp3) is 0.421. The van der Waals surface area contributed by atoms with Gasteiger partial charge < -0.3 is 10.5 Å². The predicted octanol–water partition coefficient (Wildman–Crippen LogP) is 3.89. The van der Waals surface area contributed by atoms with Crippen LogP contribution in [0.3, 0.4) is 0 Å². The van der Waals surface area contributed by atoms with Crippen molar-refractivity contribution in [1.29, 1.82) is 0 Å². The van der Waals surface area contributed by atoms with E-state index in [2.05, 4.69) is 4.98 Å². The lowest BCUT2D eigenvalue weighted by Gasteiger charge is -2.25. The normalized spacial score (nSPS) is 12.8. The standard InChI is InChI=1S/C19H23ClN2O3/c1-11-14(10-12-6-5-7-15(20)17(12)22-11)13(8-9-16(21)23)18(24)25-19(2,3)4/h5-7,10,13H,8-9H2,1-4H3,(H2,21,23). The van der Waals surface area contributed by atoms with Crippen LogP contribution in [0.4, 0.5) is 0 Å². The van der Waals surface area contributed by atoms with Crippen molar-refractivity contribution in [3.8, 4) is 0 Å². The van der Waals surface area contributed by atoms with Crippen molar-refractivity contribution >= 4 is 34.4 Å². The maximum absolute atomic E-state index is 12.7. The molecule has 5 nitrogen and oxygen atoms in total. The Labute approximate surface area is 152 Å². The van der Waals surface area contributed by atoms with Crippen LogP contribution in [0.1, 0.15) is 50.8 Å². The molecular weight excluding hydrogens is 340 g/mol. The summed E-state index contributed by atoms with van der Waals surface area (Å²) < 4.78 is 5.53. The Morgan fingerprint density at radius 2 is 2.00 bits per heavy atom. The molecule has 2 aromatic rings. The molecule has 0 saturated carbocycles. The van der Waals surface area contributed by atoms with Gasteiger partial charge in [0.2, 0.25) is 5.91 Å². The summed E-state index contributed by atoms with van der Waals surface area (Å²) in [5, 5.41) is 1.39. The smallest absolute Gasteiger partial charge is 0.314 e. The summed E-state index contributed by atoms with van der Waals surface area (Å²) in [6, 6.07) is 7.38. The SMILES string of the molecule is Cc1nc2c(Cl)cccc2cc1C(CCC(N)=O)C(=O)OC(C)(C)C. The highest BCUT2D eigenvalue weighted by Crippen LogP contribution is 2.31. The van der Waals surface area contributed by atoms with E-state index in [0.717, 1.165) is 10.9 Å². The van der Waals surface area contributed by atoms with Gasteiger partial charge in [0.25, 0.3) is 0 Å². The first-order chi connectivity index (χ1) is 11.6. The summed E-state index contributed by atoms with van der Waals surface area (Å²) >= 11 is 6.20. The average Bonchev–Trinajstić information content (AvgIpc) is 2.47. The molecule has 1 heterocycles. The lowest BCUT2D eigenvalue weighted by molar-refractivity contribution is -0.157. The van der Waals surface area contributed by atoms with Gasteiger partial charge in [-0.05, 0) is 51.8 Å². The number of fused-ring (bicyclic) bond motifs is 1. The third-order valence-corrected chi connectivity index (χ3v) is 4.08. The number of hydrogen-bond donors (Lipinski definition) is 1. The number of primary amides is 1. The van der Waals surface area contributed by atoms with Gasteiger partial charge in [-0.3, -0.25) is 14.6 Å². The fourth-order valence-corrected chi connectivity index (χ4v) is 2.91. The number of carbonyl (C=O) groups is 2. The third kappa shape index (κ3) is 4.92. The van der Waals surface area contributed by atoms with Gasteiger partial charge in [0.1, 0.15) is 5.60 Å². The van der Waals surface area contributed by atoms with Crippen LogP contribution < -0.4 is 5.73 Å². The predicted molar refractivity (Wildman–Crippen MR) is 98.5 cm³/mol. The highest BCUT2D eigenvalue weighted by Gasteiger charge is 2.29. The minimum atomic E-state index is -0.621. The molecular formula is C19H23ClN2O3. The van der Waals surface area contributed by atoms with Crippen LogP contribution in [0.2, 0.25) is 5.02 Å². The Balaban J connectivity index is 2.48. The summed E-state index contributed by atoms with van der Waals surface area (Å²) in [6.45, 7) is 7.24.